The van der Waals surface area contributed by atoms with E-state index in [1.54, 1.807) is 18.2 Å². The highest BCUT2D eigenvalue weighted by atomic mass is 16.3. The average Bonchev–Trinajstić information content (AvgIpc) is 2.69. The highest BCUT2D eigenvalue weighted by molar-refractivity contribution is 5.95. The number of carbonyl (C=O) groups is 2. The molecule has 0 spiro atoms. The van der Waals surface area contributed by atoms with Gasteiger partial charge in [0, 0.05) is 24.6 Å². The van der Waals surface area contributed by atoms with Gasteiger partial charge < -0.3 is 15.7 Å². The van der Waals surface area contributed by atoms with E-state index < -0.39 is 0 Å². The van der Waals surface area contributed by atoms with E-state index in [-0.39, 0.29) is 17.6 Å². The molecule has 142 valence electrons. The van der Waals surface area contributed by atoms with Gasteiger partial charge in [0.05, 0.1) is 0 Å². The minimum Gasteiger partial charge on any atom is -0.508 e. The lowest BCUT2D eigenvalue weighted by atomic mass is 9.95. The molecule has 0 aliphatic heterocycles. The predicted octanol–water partition coefficient (Wildman–Crippen LogP) is 3.63. The lowest BCUT2D eigenvalue weighted by Crippen LogP contribution is -2.38. The fourth-order valence-corrected chi connectivity index (χ4v) is 3.43. The molecule has 3 rings (SSSR count). The van der Waals surface area contributed by atoms with Crippen LogP contribution in [0.4, 0.5) is 0 Å². The minimum absolute atomic E-state index is 0.0000407. The van der Waals surface area contributed by atoms with E-state index in [1.807, 2.05) is 30.3 Å². The van der Waals surface area contributed by atoms with E-state index in [0.29, 0.717) is 24.6 Å². The number of aromatic hydroxyl groups is 1. The maximum Gasteiger partial charge on any atom is 0.251 e. The second-order valence-electron chi connectivity index (χ2n) is 7.04. The molecule has 0 radical (unpaired) electrons. The van der Waals surface area contributed by atoms with E-state index in [0.717, 1.165) is 24.0 Å². The Hall–Kier alpha value is -2.82. The van der Waals surface area contributed by atoms with Crippen LogP contribution in [-0.4, -0.2) is 29.5 Å². The first-order valence-corrected chi connectivity index (χ1v) is 9.59. The molecule has 2 aromatic carbocycles. The molecular formula is C22H26N2O3. The summed E-state index contributed by atoms with van der Waals surface area (Å²) in [4.78, 5) is 24.4. The van der Waals surface area contributed by atoms with Crippen molar-refractivity contribution in [3.05, 3.63) is 54.1 Å². The Labute approximate surface area is 159 Å². The summed E-state index contributed by atoms with van der Waals surface area (Å²) in [6.07, 6.45) is 6.02. The van der Waals surface area contributed by atoms with Crippen LogP contribution in [0.3, 0.4) is 0 Å². The fourth-order valence-electron chi connectivity index (χ4n) is 3.43. The van der Waals surface area contributed by atoms with Crippen molar-refractivity contribution < 1.29 is 14.7 Å². The normalized spacial score (nSPS) is 14.5. The molecule has 5 heteroatoms. The third kappa shape index (κ3) is 5.58. The van der Waals surface area contributed by atoms with Crippen molar-refractivity contribution in [2.24, 2.45) is 0 Å². The van der Waals surface area contributed by atoms with Gasteiger partial charge in [-0.25, -0.2) is 0 Å². The summed E-state index contributed by atoms with van der Waals surface area (Å²) in [5.74, 6) is 0.0142. The van der Waals surface area contributed by atoms with Crippen molar-refractivity contribution in [2.75, 3.05) is 6.54 Å². The number of phenolic OH excluding ortho intramolecular Hbond substituents is 1. The first-order chi connectivity index (χ1) is 13.1. The number of amides is 2. The second kappa shape index (κ2) is 9.21. The highest BCUT2D eigenvalue weighted by Crippen LogP contribution is 2.22. The van der Waals surface area contributed by atoms with E-state index in [1.165, 1.54) is 19.3 Å². The van der Waals surface area contributed by atoms with Crippen LogP contribution in [-0.2, 0) is 4.79 Å². The Morgan fingerprint density at radius 2 is 1.70 bits per heavy atom. The van der Waals surface area contributed by atoms with Gasteiger partial charge in [-0.05, 0) is 48.2 Å². The van der Waals surface area contributed by atoms with Crippen LogP contribution in [0.2, 0.25) is 0 Å². The molecule has 1 aliphatic carbocycles. The molecule has 2 amide bonds. The zero-order valence-electron chi connectivity index (χ0n) is 15.4. The molecule has 0 aromatic heterocycles. The first-order valence-electron chi connectivity index (χ1n) is 9.59. The molecule has 2 aromatic rings. The van der Waals surface area contributed by atoms with Gasteiger partial charge in [0.1, 0.15) is 5.75 Å². The molecule has 5 nitrogen and oxygen atoms in total. The number of nitrogens with one attached hydrogen (secondary N) is 2. The maximum atomic E-state index is 12.4. The summed E-state index contributed by atoms with van der Waals surface area (Å²) in [6.45, 7) is 0.320. The largest absolute Gasteiger partial charge is 0.508 e. The van der Waals surface area contributed by atoms with Crippen LogP contribution in [0.1, 0.15) is 48.9 Å². The predicted molar refractivity (Wildman–Crippen MR) is 106 cm³/mol. The lowest BCUT2D eigenvalue weighted by Gasteiger charge is -2.22. The summed E-state index contributed by atoms with van der Waals surface area (Å²) in [7, 11) is 0. The molecule has 0 atom stereocenters. The maximum absolute atomic E-state index is 12.4. The standard InChI is InChI=1S/C22H26N2O3/c25-20-11-9-16(10-12-20)17-5-4-6-18(15-17)22(27)23-14-13-21(26)24-19-7-2-1-3-8-19/h4-6,9-12,15,19,25H,1-3,7-8,13-14H2,(H,23,27)(H,24,26). The van der Waals surface area contributed by atoms with Gasteiger partial charge >= 0.3 is 0 Å². The zero-order valence-corrected chi connectivity index (χ0v) is 15.4. The van der Waals surface area contributed by atoms with E-state index in [9.17, 15) is 14.7 Å². The number of rotatable bonds is 6. The fraction of sp³-hybridized carbons (Fsp3) is 0.364. The number of phenols is 1. The third-order valence-electron chi connectivity index (χ3n) is 4.93. The van der Waals surface area contributed by atoms with Crippen LogP contribution in [0.15, 0.2) is 48.5 Å². The van der Waals surface area contributed by atoms with Crippen molar-refractivity contribution in [3.63, 3.8) is 0 Å². The lowest BCUT2D eigenvalue weighted by molar-refractivity contribution is -0.121. The van der Waals surface area contributed by atoms with Gasteiger partial charge in [0.2, 0.25) is 5.91 Å². The Morgan fingerprint density at radius 1 is 0.963 bits per heavy atom. The smallest absolute Gasteiger partial charge is 0.251 e. The highest BCUT2D eigenvalue weighted by Gasteiger charge is 2.15. The average molecular weight is 366 g/mol. The molecule has 1 saturated carbocycles. The topological polar surface area (TPSA) is 78.4 Å². The molecule has 0 unspecified atom stereocenters. The summed E-state index contributed by atoms with van der Waals surface area (Å²) < 4.78 is 0. The molecule has 1 aliphatic rings. The Kier molecular flexibility index (Phi) is 6.47. The van der Waals surface area contributed by atoms with Gasteiger partial charge in [-0.1, -0.05) is 43.5 Å². The quantitative estimate of drug-likeness (QED) is 0.730. The van der Waals surface area contributed by atoms with Crippen molar-refractivity contribution >= 4 is 11.8 Å². The molecule has 0 heterocycles. The summed E-state index contributed by atoms with van der Waals surface area (Å²) in [5, 5.41) is 15.3. The Bertz CT molecular complexity index is 780. The van der Waals surface area contributed by atoms with E-state index in [2.05, 4.69) is 10.6 Å². The molecule has 0 bridgehead atoms. The molecule has 1 fully saturated rings. The molecule has 3 N–H and O–H groups in total. The molecule has 27 heavy (non-hydrogen) atoms. The van der Waals surface area contributed by atoms with Crippen LogP contribution >= 0.6 is 0 Å². The van der Waals surface area contributed by atoms with Crippen LogP contribution in [0.25, 0.3) is 11.1 Å². The van der Waals surface area contributed by atoms with Crippen LogP contribution < -0.4 is 10.6 Å². The number of carbonyl (C=O) groups excluding carboxylic acids is 2. The number of benzene rings is 2. The van der Waals surface area contributed by atoms with Gasteiger partial charge in [-0.3, -0.25) is 9.59 Å². The van der Waals surface area contributed by atoms with Gasteiger partial charge in [-0.2, -0.15) is 0 Å². The first kappa shape index (κ1) is 19.0. The van der Waals surface area contributed by atoms with Crippen molar-refractivity contribution in [2.45, 2.75) is 44.6 Å². The van der Waals surface area contributed by atoms with Crippen LogP contribution in [0, 0.1) is 0 Å². The third-order valence-corrected chi connectivity index (χ3v) is 4.93. The second-order valence-corrected chi connectivity index (χ2v) is 7.04. The van der Waals surface area contributed by atoms with Crippen molar-refractivity contribution in [1.82, 2.24) is 10.6 Å². The van der Waals surface area contributed by atoms with Gasteiger partial charge in [-0.15, -0.1) is 0 Å². The number of hydrogen-bond donors (Lipinski definition) is 3. The number of hydrogen-bond acceptors (Lipinski definition) is 3. The zero-order chi connectivity index (χ0) is 19.1. The van der Waals surface area contributed by atoms with Crippen molar-refractivity contribution in [3.8, 4) is 16.9 Å². The monoisotopic (exact) mass is 366 g/mol. The van der Waals surface area contributed by atoms with E-state index >= 15 is 0 Å². The SMILES string of the molecule is O=C(CCNC(=O)c1cccc(-c2ccc(O)cc2)c1)NC1CCCCC1. The van der Waals surface area contributed by atoms with Gasteiger partial charge in [0.15, 0.2) is 0 Å². The van der Waals surface area contributed by atoms with Crippen molar-refractivity contribution in [1.29, 1.82) is 0 Å². The summed E-state index contributed by atoms with van der Waals surface area (Å²) in [5.41, 5.74) is 2.38. The van der Waals surface area contributed by atoms with E-state index in [4.69, 9.17) is 0 Å². The summed E-state index contributed by atoms with van der Waals surface area (Å²) >= 11 is 0. The molecule has 0 saturated heterocycles. The van der Waals surface area contributed by atoms with Gasteiger partial charge in [0.25, 0.3) is 5.91 Å². The minimum atomic E-state index is -0.193. The Morgan fingerprint density at radius 3 is 2.44 bits per heavy atom. The Balaban J connectivity index is 1.50. The summed E-state index contributed by atoms with van der Waals surface area (Å²) in [6, 6.07) is 14.5. The van der Waals surface area contributed by atoms with Crippen LogP contribution in [0.5, 0.6) is 5.75 Å². The molecular weight excluding hydrogens is 340 g/mol.